The van der Waals surface area contributed by atoms with Crippen molar-refractivity contribution in [2.45, 2.75) is 12.2 Å². The number of carbonyl (C=O) groups is 1. The van der Waals surface area contributed by atoms with Crippen molar-refractivity contribution < 1.29 is 29.6 Å². The number of aliphatic hydroxyl groups is 2. The molecular weight excluding hydrogens is 324 g/mol. The lowest BCUT2D eigenvalue weighted by Crippen LogP contribution is -2.24. The predicted molar refractivity (Wildman–Crippen MR) is 91.6 cm³/mol. The smallest absolute Gasteiger partial charge is 0.328 e. The summed E-state index contributed by atoms with van der Waals surface area (Å²) >= 11 is 0. The van der Waals surface area contributed by atoms with E-state index in [-0.39, 0.29) is 13.2 Å². The van der Waals surface area contributed by atoms with Gasteiger partial charge in [-0.2, -0.15) is 0 Å². The molecule has 2 atom stereocenters. The number of carboxylic acids is 1. The van der Waals surface area contributed by atoms with Gasteiger partial charge in [-0.05, 0) is 24.3 Å². The van der Waals surface area contributed by atoms with Crippen LogP contribution in [0.5, 0.6) is 11.5 Å². The first-order chi connectivity index (χ1) is 12.1. The molecule has 0 fully saturated rings. The van der Waals surface area contributed by atoms with Crippen molar-refractivity contribution >= 4 is 5.97 Å². The highest BCUT2D eigenvalue weighted by molar-refractivity contribution is 5.79. The molecule has 0 aromatic heterocycles. The lowest BCUT2D eigenvalue weighted by atomic mass is 10.0. The van der Waals surface area contributed by atoms with Gasteiger partial charge < -0.3 is 24.8 Å². The van der Waals surface area contributed by atoms with Gasteiger partial charge in [-0.15, -0.1) is 0 Å². The van der Waals surface area contributed by atoms with Crippen LogP contribution in [0.2, 0.25) is 0 Å². The van der Waals surface area contributed by atoms with Crippen LogP contribution < -0.4 is 9.47 Å². The number of benzene rings is 2. The first kappa shape index (κ1) is 18.5. The van der Waals surface area contributed by atoms with E-state index in [0.29, 0.717) is 17.1 Å². The highest BCUT2D eigenvalue weighted by Crippen LogP contribution is 2.30. The summed E-state index contributed by atoms with van der Waals surface area (Å²) < 4.78 is 11.2. The van der Waals surface area contributed by atoms with Gasteiger partial charge in [0.15, 0.2) is 0 Å². The Morgan fingerprint density at radius 2 is 1.76 bits per heavy atom. The van der Waals surface area contributed by atoms with Crippen molar-refractivity contribution in [3.05, 3.63) is 72.3 Å². The summed E-state index contributed by atoms with van der Waals surface area (Å²) in [6, 6.07) is 15.6. The van der Waals surface area contributed by atoms with Crippen LogP contribution in [0, 0.1) is 0 Å². The van der Waals surface area contributed by atoms with Crippen molar-refractivity contribution in [2.75, 3.05) is 13.2 Å². The Morgan fingerprint density at radius 1 is 1.08 bits per heavy atom. The molecule has 2 rings (SSSR count). The number of carboxylic acid groups (broad SMARTS) is 1. The summed E-state index contributed by atoms with van der Waals surface area (Å²) in [7, 11) is 0. The van der Waals surface area contributed by atoms with Gasteiger partial charge >= 0.3 is 5.97 Å². The van der Waals surface area contributed by atoms with Gasteiger partial charge in [0.25, 0.3) is 0 Å². The van der Waals surface area contributed by atoms with Gasteiger partial charge in [-0.1, -0.05) is 36.4 Å². The third-order valence-electron chi connectivity index (χ3n) is 3.34. The second kappa shape index (κ2) is 9.46. The average molecular weight is 344 g/mol. The van der Waals surface area contributed by atoms with Crippen molar-refractivity contribution in [3.8, 4) is 11.5 Å². The molecule has 3 N–H and O–H groups in total. The van der Waals surface area contributed by atoms with Crippen LogP contribution in [0.25, 0.3) is 0 Å². The minimum absolute atomic E-state index is 0.0822. The Morgan fingerprint density at radius 3 is 2.44 bits per heavy atom. The molecule has 0 aliphatic rings. The number of ether oxygens (including phenoxy) is 2. The SMILES string of the molecule is O=C(O)/C=C/[C@H](Oc1ccccc1)[C@@H](O)c1ccccc1OCCO. The fourth-order valence-corrected chi connectivity index (χ4v) is 2.23. The van der Waals surface area contributed by atoms with Crippen LogP contribution >= 0.6 is 0 Å². The third kappa shape index (κ3) is 5.63. The van der Waals surface area contributed by atoms with E-state index in [1.54, 1.807) is 48.5 Å². The van der Waals surface area contributed by atoms with Gasteiger partial charge in [0, 0.05) is 11.6 Å². The quantitative estimate of drug-likeness (QED) is 0.604. The standard InChI is InChI=1S/C19H20O6/c20-12-13-24-16-9-5-4-8-15(16)19(23)17(10-11-18(21)22)25-14-6-2-1-3-7-14/h1-11,17,19-20,23H,12-13H2,(H,21,22)/b11-10+/t17-,19-/m0/s1. The van der Waals surface area contributed by atoms with Crippen LogP contribution in [-0.4, -0.2) is 40.6 Å². The van der Waals surface area contributed by atoms with Crippen molar-refractivity contribution in [2.24, 2.45) is 0 Å². The molecule has 0 aliphatic carbocycles. The molecule has 0 radical (unpaired) electrons. The number of rotatable bonds is 9. The average Bonchev–Trinajstić information content (AvgIpc) is 2.63. The van der Waals surface area contributed by atoms with Crippen LogP contribution in [0.1, 0.15) is 11.7 Å². The first-order valence-corrected chi connectivity index (χ1v) is 7.75. The molecule has 2 aromatic rings. The number of aliphatic hydroxyl groups excluding tert-OH is 2. The van der Waals surface area contributed by atoms with Gasteiger partial charge in [0.1, 0.15) is 30.3 Å². The molecule has 0 saturated heterocycles. The van der Waals surface area contributed by atoms with E-state index in [9.17, 15) is 9.90 Å². The molecule has 2 aromatic carbocycles. The van der Waals surface area contributed by atoms with E-state index in [4.69, 9.17) is 19.7 Å². The number of hydrogen-bond donors (Lipinski definition) is 3. The molecular formula is C19H20O6. The van der Waals surface area contributed by atoms with Crippen LogP contribution in [0.4, 0.5) is 0 Å². The largest absolute Gasteiger partial charge is 0.491 e. The lowest BCUT2D eigenvalue weighted by Gasteiger charge is -2.23. The normalized spacial score (nSPS) is 13.4. The van der Waals surface area contributed by atoms with E-state index in [1.807, 2.05) is 6.07 Å². The molecule has 0 heterocycles. The molecule has 0 amide bonds. The zero-order valence-electron chi connectivity index (χ0n) is 13.5. The second-order valence-electron chi connectivity index (χ2n) is 5.15. The van der Waals surface area contributed by atoms with Crippen LogP contribution in [0.15, 0.2) is 66.7 Å². The fourth-order valence-electron chi connectivity index (χ4n) is 2.23. The van der Waals surface area contributed by atoms with Crippen molar-refractivity contribution in [3.63, 3.8) is 0 Å². The van der Waals surface area contributed by atoms with E-state index < -0.39 is 18.2 Å². The Hall–Kier alpha value is -2.83. The summed E-state index contributed by atoms with van der Waals surface area (Å²) in [5.41, 5.74) is 0.437. The Balaban J connectivity index is 2.28. The lowest BCUT2D eigenvalue weighted by molar-refractivity contribution is -0.131. The summed E-state index contributed by atoms with van der Waals surface area (Å²) in [5.74, 6) is -0.247. The summed E-state index contributed by atoms with van der Waals surface area (Å²) in [4.78, 5) is 10.8. The van der Waals surface area contributed by atoms with E-state index >= 15 is 0 Å². The minimum Gasteiger partial charge on any atom is -0.491 e. The summed E-state index contributed by atoms with van der Waals surface area (Å²) in [6.45, 7) is -0.0772. The second-order valence-corrected chi connectivity index (χ2v) is 5.15. The first-order valence-electron chi connectivity index (χ1n) is 7.75. The molecule has 6 heteroatoms. The summed E-state index contributed by atoms with van der Waals surface area (Å²) in [5, 5.41) is 28.5. The molecule has 0 bridgehead atoms. The predicted octanol–water partition coefficient (Wildman–Crippen LogP) is 2.18. The number of aliphatic carboxylic acids is 1. The maximum atomic E-state index is 10.8. The molecule has 0 saturated carbocycles. The topological polar surface area (TPSA) is 96.2 Å². The Bertz CT molecular complexity index is 698. The molecule has 0 aliphatic heterocycles. The molecule has 0 unspecified atom stereocenters. The van der Waals surface area contributed by atoms with Crippen LogP contribution in [-0.2, 0) is 4.79 Å². The number of hydrogen-bond acceptors (Lipinski definition) is 5. The van der Waals surface area contributed by atoms with E-state index in [0.717, 1.165) is 6.08 Å². The van der Waals surface area contributed by atoms with Crippen LogP contribution in [0.3, 0.4) is 0 Å². The number of para-hydroxylation sites is 2. The zero-order chi connectivity index (χ0) is 18.1. The van der Waals surface area contributed by atoms with Gasteiger partial charge in [-0.25, -0.2) is 4.79 Å². The van der Waals surface area contributed by atoms with Gasteiger partial charge in [-0.3, -0.25) is 0 Å². The molecule has 25 heavy (non-hydrogen) atoms. The molecule has 6 nitrogen and oxygen atoms in total. The Labute approximate surface area is 145 Å². The van der Waals surface area contributed by atoms with E-state index in [2.05, 4.69) is 0 Å². The van der Waals surface area contributed by atoms with Crippen molar-refractivity contribution in [1.82, 2.24) is 0 Å². The van der Waals surface area contributed by atoms with Gasteiger partial charge in [0.05, 0.1) is 6.61 Å². The minimum atomic E-state index is -1.16. The Kier molecular flexibility index (Phi) is 7.00. The maximum Gasteiger partial charge on any atom is 0.328 e. The summed E-state index contributed by atoms with van der Waals surface area (Å²) in [6.07, 6.45) is 0.111. The fraction of sp³-hybridized carbons (Fsp3) is 0.211. The van der Waals surface area contributed by atoms with E-state index in [1.165, 1.54) is 6.08 Å². The highest BCUT2D eigenvalue weighted by atomic mass is 16.5. The maximum absolute atomic E-state index is 10.8. The highest BCUT2D eigenvalue weighted by Gasteiger charge is 2.24. The van der Waals surface area contributed by atoms with Gasteiger partial charge in [0.2, 0.25) is 0 Å². The third-order valence-corrected chi connectivity index (χ3v) is 3.34. The molecule has 0 spiro atoms. The zero-order valence-corrected chi connectivity index (χ0v) is 13.5. The van der Waals surface area contributed by atoms with Crippen molar-refractivity contribution in [1.29, 1.82) is 0 Å². The monoisotopic (exact) mass is 344 g/mol. The molecule has 132 valence electrons.